The van der Waals surface area contributed by atoms with Crippen molar-refractivity contribution in [2.75, 3.05) is 37.0 Å². The van der Waals surface area contributed by atoms with Gasteiger partial charge >= 0.3 is 14.4 Å². The van der Waals surface area contributed by atoms with Gasteiger partial charge in [-0.1, -0.05) is 32.4 Å². The SMILES string of the molecule is CC(C)[C@H](NC(=O)CCCCCN1C(=O)C=CC1=O)C(=O)N[C@@H](C)C(=O)Nc1ccc(CSP2(=O)OC[C@H]3O[C@@H](n4cc(F)c5c(=O)[nH]cnc54)[C@H](CP(=O)(O)OC[C@H]4O[C@@H](n5cnc6c(N)ncnc65)[C@H](F)[C@@H]4O2)[C@@H]3O)cc1. The molecule has 424 valence electrons. The number of aliphatic hydroxyl groups excluding tert-OH is 1. The van der Waals surface area contributed by atoms with Crippen molar-refractivity contribution < 1.29 is 74.9 Å². The number of unbranched alkanes of at least 4 members (excludes halogenated alkanes) is 2. The number of aromatic amines is 1. The monoisotopic (exact) mass is 1160 g/mol. The number of hydrogen-bond donors (Lipinski definition) is 7. The number of amides is 5. The summed E-state index contributed by atoms with van der Waals surface area (Å²) in [6.45, 7) is -1.07. The number of imidazole rings is 1. The van der Waals surface area contributed by atoms with Crippen LogP contribution in [0.1, 0.15) is 64.5 Å². The number of nitrogens with zero attached hydrogens (tertiary/aromatic N) is 7. The summed E-state index contributed by atoms with van der Waals surface area (Å²) in [7, 11) is -4.82. The number of H-pyrrole nitrogens is 1. The molecule has 12 atom stereocenters. The number of fused-ring (bicyclic) bond motifs is 5. The van der Waals surface area contributed by atoms with Crippen molar-refractivity contribution in [3.8, 4) is 0 Å². The van der Waals surface area contributed by atoms with Crippen molar-refractivity contribution >= 4 is 89.0 Å². The van der Waals surface area contributed by atoms with Crippen LogP contribution in [-0.2, 0) is 61.9 Å². The number of halogens is 2. The first-order chi connectivity index (χ1) is 37.6. The van der Waals surface area contributed by atoms with Crippen molar-refractivity contribution in [3.05, 3.63) is 83.3 Å². The van der Waals surface area contributed by atoms with Gasteiger partial charge in [-0.25, -0.2) is 33.3 Å². The van der Waals surface area contributed by atoms with Gasteiger partial charge in [0, 0.05) is 48.7 Å². The average molecular weight is 1160 g/mol. The first-order valence-electron chi connectivity index (χ1n) is 25.0. The fraction of sp³-hybridized carbons (Fsp3) is 0.489. The van der Waals surface area contributed by atoms with E-state index in [4.69, 9.17) is 28.8 Å². The lowest BCUT2D eigenvalue weighted by molar-refractivity contribution is -0.137. The Bertz CT molecular complexity index is 3310. The zero-order valence-corrected chi connectivity index (χ0v) is 45.1. The Hall–Kier alpha value is -6.33. The minimum absolute atomic E-state index is 0.0207. The van der Waals surface area contributed by atoms with Crippen molar-refractivity contribution in [2.45, 2.75) is 107 Å². The van der Waals surface area contributed by atoms with E-state index in [1.54, 1.807) is 26.0 Å². The third-order valence-electron chi connectivity index (χ3n) is 13.6. The summed E-state index contributed by atoms with van der Waals surface area (Å²) in [5, 5.41) is 19.3. The molecule has 4 aliphatic rings. The van der Waals surface area contributed by atoms with E-state index in [1.807, 2.05) is 0 Å². The third-order valence-corrected chi connectivity index (χ3v) is 18.7. The number of carbonyl (C=O) groups excluding carboxylic acids is 5. The summed E-state index contributed by atoms with van der Waals surface area (Å²) in [5.74, 6) is -5.21. The molecule has 1 aromatic carbocycles. The number of carbonyl (C=O) groups is 5. The number of ether oxygens (including phenoxy) is 2. The molecule has 4 aliphatic heterocycles. The lowest BCUT2D eigenvalue weighted by Crippen LogP contribution is -2.53. The molecule has 32 heteroatoms. The number of aliphatic hydroxyl groups is 1. The van der Waals surface area contributed by atoms with E-state index in [9.17, 15) is 43.3 Å². The molecule has 5 amide bonds. The summed E-state index contributed by atoms with van der Waals surface area (Å²) < 4.78 is 93.4. The molecule has 3 fully saturated rings. The van der Waals surface area contributed by atoms with E-state index >= 15 is 13.3 Å². The molecule has 4 aromatic heterocycles. The summed E-state index contributed by atoms with van der Waals surface area (Å²) in [5.41, 5.74) is 5.89. The van der Waals surface area contributed by atoms with Crippen LogP contribution >= 0.6 is 25.8 Å². The fourth-order valence-corrected chi connectivity index (χ4v) is 14.2. The summed E-state index contributed by atoms with van der Waals surface area (Å²) in [4.78, 5) is 107. The van der Waals surface area contributed by atoms with Crippen LogP contribution in [0.25, 0.3) is 22.2 Å². The molecule has 0 aliphatic carbocycles. The standard InChI is InChI=1S/C47H56F2N12O15P2S/c1-23(2)36(58-31(62)7-5-4-6-14-59-32(63)12-13-33(59)64)45(68)56-24(3)43(66)57-26-10-8-25(9-11-26)19-79-78(71)73-16-29-38(65)27(46(74-29)60-15-28(48)34-41(60)52-21-54-44(34)67)18-77(69,70)72-17-30-39(76-78)35(49)47(75-30)61-22-55-37-40(50)51-20-53-42(37)61/h8-13,15,20-24,27,29-30,35-36,38-39,46-47,65H,4-7,14,16-19H2,1-3H3,(H,56,68)(H,57,66)(H,58,62)(H,69,70)(H2,50,51,53)(H,52,54,67)/t24-,27+,29+,30+,35+,36-,38-,39+,46+,47+,78?/m0/s1. The van der Waals surface area contributed by atoms with E-state index in [1.165, 1.54) is 42.1 Å². The number of benzene rings is 1. The fourth-order valence-electron chi connectivity index (χ4n) is 9.43. The van der Waals surface area contributed by atoms with E-state index < -0.39 is 123 Å². The predicted octanol–water partition coefficient (Wildman–Crippen LogP) is 3.12. The maximum atomic E-state index is 17.0. The van der Waals surface area contributed by atoms with Gasteiger partial charge in [-0.3, -0.25) is 51.8 Å². The molecule has 8 N–H and O–H groups in total. The smallest absolute Gasteiger partial charge is 0.389 e. The van der Waals surface area contributed by atoms with Gasteiger partial charge in [0.05, 0.1) is 38.1 Å². The number of imide groups is 1. The highest BCUT2D eigenvalue weighted by atomic mass is 32.7. The van der Waals surface area contributed by atoms with Gasteiger partial charge in [0.1, 0.15) is 53.9 Å². The number of nitrogens with two attached hydrogens (primary N) is 1. The Morgan fingerprint density at radius 2 is 1.63 bits per heavy atom. The Morgan fingerprint density at radius 3 is 2.37 bits per heavy atom. The van der Waals surface area contributed by atoms with Crippen LogP contribution in [0.2, 0.25) is 0 Å². The van der Waals surface area contributed by atoms with Crippen LogP contribution in [0.3, 0.4) is 0 Å². The predicted molar refractivity (Wildman–Crippen MR) is 276 cm³/mol. The number of hydrogen-bond acceptors (Lipinski definition) is 20. The Labute approximate surface area is 451 Å². The Balaban J connectivity index is 0.871. The highest BCUT2D eigenvalue weighted by molar-refractivity contribution is 8.54. The van der Waals surface area contributed by atoms with E-state index in [-0.39, 0.29) is 65.0 Å². The number of alkyl halides is 1. The van der Waals surface area contributed by atoms with E-state index in [2.05, 4.69) is 40.9 Å². The van der Waals surface area contributed by atoms with Crippen LogP contribution in [0, 0.1) is 17.7 Å². The van der Waals surface area contributed by atoms with E-state index in [0.29, 0.717) is 41.9 Å². The molecule has 79 heavy (non-hydrogen) atoms. The first-order valence-corrected chi connectivity index (χ1v) is 29.9. The van der Waals surface area contributed by atoms with Crippen LogP contribution in [0.4, 0.5) is 20.3 Å². The molecule has 8 heterocycles. The molecule has 3 saturated heterocycles. The summed E-state index contributed by atoms with van der Waals surface area (Å²) in [6.07, 6.45) is -4.35. The Morgan fingerprint density at radius 1 is 0.911 bits per heavy atom. The molecular weight excluding hydrogens is 1100 g/mol. The normalized spacial score (nSPS) is 28.1. The first kappa shape index (κ1) is 57.4. The molecule has 27 nitrogen and oxygen atoms in total. The average Bonchev–Trinajstić information content (AvgIpc) is 4.41. The highest BCUT2D eigenvalue weighted by Gasteiger charge is 2.54. The Kier molecular flexibility index (Phi) is 17.3. The van der Waals surface area contributed by atoms with Gasteiger partial charge in [-0.15, -0.1) is 0 Å². The van der Waals surface area contributed by atoms with Crippen molar-refractivity contribution in [2.24, 2.45) is 11.8 Å². The molecule has 2 bridgehead atoms. The largest absolute Gasteiger partial charge is 0.390 e. The molecule has 0 spiro atoms. The number of nitrogens with one attached hydrogen (secondary N) is 4. The van der Waals surface area contributed by atoms with Crippen LogP contribution < -0.4 is 27.2 Å². The van der Waals surface area contributed by atoms with Crippen LogP contribution in [-0.4, -0.2) is 147 Å². The lowest BCUT2D eigenvalue weighted by Gasteiger charge is -2.27. The van der Waals surface area contributed by atoms with Gasteiger partial charge in [-0.2, -0.15) is 0 Å². The van der Waals surface area contributed by atoms with Crippen molar-refractivity contribution in [3.63, 3.8) is 0 Å². The zero-order valence-electron chi connectivity index (χ0n) is 42.5. The summed E-state index contributed by atoms with van der Waals surface area (Å²) in [6, 6.07) is 4.17. The molecule has 5 aromatic rings. The highest BCUT2D eigenvalue weighted by Crippen LogP contribution is 2.65. The van der Waals surface area contributed by atoms with Gasteiger partial charge < -0.3 is 55.2 Å². The quantitative estimate of drug-likeness (QED) is 0.0399. The number of aromatic nitrogens is 7. The topological polar surface area (TPSA) is 366 Å². The van der Waals surface area contributed by atoms with Gasteiger partial charge in [-0.05, 0) is 54.8 Å². The van der Waals surface area contributed by atoms with Crippen molar-refractivity contribution in [1.82, 2.24) is 49.6 Å². The minimum atomic E-state index is -4.82. The second-order valence-corrected chi connectivity index (χ2v) is 25.4. The van der Waals surface area contributed by atoms with E-state index in [0.717, 1.165) is 28.3 Å². The molecule has 2 unspecified atom stereocenters. The van der Waals surface area contributed by atoms with Gasteiger partial charge in [0.2, 0.25) is 17.7 Å². The second-order valence-electron chi connectivity index (χ2n) is 19.5. The second kappa shape index (κ2) is 23.8. The maximum absolute atomic E-state index is 17.0. The molecular formula is C47H56F2N12O15P2S. The third kappa shape index (κ3) is 12.7. The van der Waals surface area contributed by atoms with Gasteiger partial charge in [0.25, 0.3) is 17.4 Å². The maximum Gasteiger partial charge on any atom is 0.389 e. The zero-order chi connectivity index (χ0) is 56.5. The number of nitrogen functional groups attached to an aromatic ring is 1. The van der Waals surface area contributed by atoms with Gasteiger partial charge in [0.15, 0.2) is 35.3 Å². The molecule has 9 rings (SSSR count). The lowest BCUT2D eigenvalue weighted by atomic mass is 10.0. The van der Waals surface area contributed by atoms with Crippen molar-refractivity contribution in [1.29, 1.82) is 0 Å². The van der Waals surface area contributed by atoms with Crippen LogP contribution in [0.5, 0.6) is 0 Å². The minimum Gasteiger partial charge on any atom is -0.390 e. The number of anilines is 2. The molecule has 0 saturated carbocycles. The summed E-state index contributed by atoms with van der Waals surface area (Å²) >= 11 is 0.602. The van der Waals surface area contributed by atoms with Crippen LogP contribution in [0.15, 0.2) is 66.4 Å². The number of rotatable bonds is 17. The molecule has 0 radical (unpaired) electrons.